The van der Waals surface area contributed by atoms with E-state index in [0.717, 1.165) is 17.9 Å². The van der Waals surface area contributed by atoms with Gasteiger partial charge in [-0.25, -0.2) is 0 Å². The highest BCUT2D eigenvalue weighted by Crippen LogP contribution is 2.34. The first-order chi connectivity index (χ1) is 8.05. The van der Waals surface area contributed by atoms with Crippen LogP contribution in [0.4, 0.5) is 0 Å². The first-order valence-electron chi connectivity index (χ1n) is 7.36. The maximum atomic E-state index is 3.84. The molecule has 1 saturated carbocycles. The Bertz CT molecular complexity index is 231. The Labute approximate surface area is 112 Å². The summed E-state index contributed by atoms with van der Waals surface area (Å²) in [6.07, 6.45) is 7.19. The van der Waals surface area contributed by atoms with Crippen molar-refractivity contribution in [2.75, 3.05) is 18.1 Å². The number of thioether (sulfide) groups is 1. The second kappa shape index (κ2) is 5.97. The number of hydrogen-bond donors (Lipinski definition) is 1. The van der Waals surface area contributed by atoms with E-state index in [1.807, 2.05) is 0 Å². The van der Waals surface area contributed by atoms with Gasteiger partial charge in [0.15, 0.2) is 0 Å². The molecule has 1 aliphatic carbocycles. The molecule has 2 heteroatoms. The largest absolute Gasteiger partial charge is 0.313 e. The Morgan fingerprint density at radius 2 is 1.88 bits per heavy atom. The minimum Gasteiger partial charge on any atom is -0.313 e. The average molecular weight is 255 g/mol. The van der Waals surface area contributed by atoms with Gasteiger partial charge in [0.05, 0.1) is 0 Å². The van der Waals surface area contributed by atoms with E-state index in [2.05, 4.69) is 37.8 Å². The molecule has 1 aliphatic heterocycles. The summed E-state index contributed by atoms with van der Waals surface area (Å²) in [5, 5.41) is 3.84. The number of hydrogen-bond acceptors (Lipinski definition) is 2. The Morgan fingerprint density at radius 3 is 2.53 bits per heavy atom. The van der Waals surface area contributed by atoms with E-state index >= 15 is 0 Å². The molecule has 17 heavy (non-hydrogen) atoms. The fourth-order valence-electron chi connectivity index (χ4n) is 3.26. The zero-order valence-corrected chi connectivity index (χ0v) is 12.6. The van der Waals surface area contributed by atoms with Gasteiger partial charge in [-0.2, -0.15) is 11.8 Å². The Kier molecular flexibility index (Phi) is 4.82. The van der Waals surface area contributed by atoms with Gasteiger partial charge in [-0.1, -0.05) is 33.6 Å². The molecule has 2 aliphatic rings. The van der Waals surface area contributed by atoms with Gasteiger partial charge in [0.25, 0.3) is 0 Å². The molecule has 2 fully saturated rings. The van der Waals surface area contributed by atoms with E-state index in [1.54, 1.807) is 0 Å². The molecular weight excluding hydrogens is 226 g/mol. The van der Waals surface area contributed by atoms with Gasteiger partial charge >= 0.3 is 0 Å². The van der Waals surface area contributed by atoms with Crippen LogP contribution in [0.15, 0.2) is 0 Å². The van der Waals surface area contributed by atoms with Gasteiger partial charge in [-0.05, 0) is 48.8 Å². The van der Waals surface area contributed by atoms with Crippen LogP contribution in [-0.4, -0.2) is 24.1 Å². The van der Waals surface area contributed by atoms with Crippen molar-refractivity contribution in [3.8, 4) is 0 Å². The minimum absolute atomic E-state index is 0.543. The first-order valence-corrected chi connectivity index (χ1v) is 8.52. The fourth-order valence-corrected chi connectivity index (χ4v) is 4.57. The number of nitrogens with one attached hydrogen (secondary N) is 1. The normalized spacial score (nSPS) is 37.9. The predicted octanol–water partition coefficient (Wildman–Crippen LogP) is 3.93. The van der Waals surface area contributed by atoms with Gasteiger partial charge in [-0.3, -0.25) is 0 Å². The second-order valence-corrected chi connectivity index (χ2v) is 8.14. The Morgan fingerprint density at radius 1 is 1.18 bits per heavy atom. The highest BCUT2D eigenvalue weighted by atomic mass is 32.2. The monoisotopic (exact) mass is 255 g/mol. The van der Waals surface area contributed by atoms with Gasteiger partial charge < -0.3 is 5.32 Å². The molecule has 1 atom stereocenters. The van der Waals surface area contributed by atoms with Crippen LogP contribution >= 0.6 is 11.8 Å². The summed E-state index contributed by atoms with van der Waals surface area (Å²) >= 11 is 2.13. The third kappa shape index (κ3) is 4.48. The van der Waals surface area contributed by atoms with Crippen LogP contribution in [-0.2, 0) is 0 Å². The lowest BCUT2D eigenvalue weighted by Crippen LogP contribution is -2.42. The van der Waals surface area contributed by atoms with E-state index in [-0.39, 0.29) is 0 Å². The van der Waals surface area contributed by atoms with Crippen molar-refractivity contribution in [2.45, 2.75) is 58.9 Å². The van der Waals surface area contributed by atoms with Crippen LogP contribution in [0.3, 0.4) is 0 Å². The van der Waals surface area contributed by atoms with Crippen molar-refractivity contribution in [3.05, 3.63) is 0 Å². The summed E-state index contributed by atoms with van der Waals surface area (Å²) in [4.78, 5) is 0. The molecular formula is C15H29NS. The lowest BCUT2D eigenvalue weighted by Gasteiger charge is -2.36. The molecule has 1 heterocycles. The molecule has 0 bridgehead atoms. The van der Waals surface area contributed by atoms with Crippen molar-refractivity contribution in [3.63, 3.8) is 0 Å². The summed E-state index contributed by atoms with van der Waals surface area (Å²) in [7, 11) is 0. The highest BCUT2D eigenvalue weighted by Gasteiger charge is 2.28. The molecule has 1 unspecified atom stereocenters. The lowest BCUT2D eigenvalue weighted by atomic mass is 9.82. The first kappa shape index (κ1) is 13.7. The predicted molar refractivity (Wildman–Crippen MR) is 78.6 cm³/mol. The average Bonchev–Trinajstić information content (AvgIpc) is 2.27. The summed E-state index contributed by atoms with van der Waals surface area (Å²) in [5.74, 6) is 4.61. The van der Waals surface area contributed by atoms with E-state index in [1.165, 1.54) is 50.2 Å². The fraction of sp³-hybridized carbons (Fsp3) is 1.00. The van der Waals surface area contributed by atoms with E-state index in [9.17, 15) is 0 Å². The van der Waals surface area contributed by atoms with Gasteiger partial charge in [0, 0.05) is 11.8 Å². The van der Waals surface area contributed by atoms with Gasteiger partial charge in [0.1, 0.15) is 0 Å². The van der Waals surface area contributed by atoms with Crippen LogP contribution < -0.4 is 5.32 Å². The van der Waals surface area contributed by atoms with Crippen molar-refractivity contribution in [2.24, 2.45) is 17.3 Å². The van der Waals surface area contributed by atoms with Crippen molar-refractivity contribution in [1.29, 1.82) is 0 Å². The van der Waals surface area contributed by atoms with Crippen molar-refractivity contribution in [1.82, 2.24) is 5.32 Å². The standard InChI is InChI=1S/C15H29NS/c1-12-4-6-13(7-5-12)9-16-14-8-15(2,3)11-17-10-14/h12-14,16H,4-11H2,1-3H3. The third-order valence-corrected chi connectivity index (χ3v) is 6.07. The molecule has 0 aromatic carbocycles. The summed E-state index contributed by atoms with van der Waals surface area (Å²) < 4.78 is 0. The van der Waals surface area contributed by atoms with Gasteiger partial charge in [-0.15, -0.1) is 0 Å². The van der Waals surface area contributed by atoms with Crippen LogP contribution in [0.5, 0.6) is 0 Å². The smallest absolute Gasteiger partial charge is 0.0163 e. The molecule has 1 saturated heterocycles. The van der Waals surface area contributed by atoms with Crippen molar-refractivity contribution >= 4 is 11.8 Å². The molecule has 0 aromatic rings. The van der Waals surface area contributed by atoms with Crippen LogP contribution in [0.2, 0.25) is 0 Å². The zero-order chi connectivity index (χ0) is 12.3. The van der Waals surface area contributed by atoms with Crippen molar-refractivity contribution < 1.29 is 0 Å². The Balaban J connectivity index is 1.68. The lowest BCUT2D eigenvalue weighted by molar-refractivity contribution is 0.258. The maximum Gasteiger partial charge on any atom is 0.0163 e. The quantitative estimate of drug-likeness (QED) is 0.820. The summed E-state index contributed by atoms with van der Waals surface area (Å²) in [5.41, 5.74) is 0.543. The molecule has 1 nitrogen and oxygen atoms in total. The molecule has 0 aromatic heterocycles. The Hall–Kier alpha value is 0.310. The highest BCUT2D eigenvalue weighted by molar-refractivity contribution is 7.99. The van der Waals surface area contributed by atoms with E-state index < -0.39 is 0 Å². The third-order valence-electron chi connectivity index (χ3n) is 4.44. The molecule has 1 N–H and O–H groups in total. The van der Waals surface area contributed by atoms with Crippen LogP contribution in [0, 0.1) is 17.3 Å². The SMILES string of the molecule is CC1CCC(CNC2CSCC(C)(C)C2)CC1. The van der Waals surface area contributed by atoms with Crippen LogP contribution in [0.25, 0.3) is 0 Å². The van der Waals surface area contributed by atoms with Crippen LogP contribution in [0.1, 0.15) is 52.9 Å². The maximum absolute atomic E-state index is 3.84. The summed E-state index contributed by atoms with van der Waals surface area (Å²) in [6.45, 7) is 8.50. The molecule has 2 rings (SSSR count). The molecule has 0 radical (unpaired) electrons. The zero-order valence-electron chi connectivity index (χ0n) is 11.8. The van der Waals surface area contributed by atoms with E-state index in [4.69, 9.17) is 0 Å². The number of rotatable bonds is 3. The molecule has 0 spiro atoms. The molecule has 0 amide bonds. The van der Waals surface area contributed by atoms with E-state index in [0.29, 0.717) is 5.41 Å². The molecule has 100 valence electrons. The second-order valence-electron chi connectivity index (χ2n) is 7.11. The minimum atomic E-state index is 0.543. The topological polar surface area (TPSA) is 12.0 Å². The van der Waals surface area contributed by atoms with Gasteiger partial charge in [0.2, 0.25) is 0 Å². The summed E-state index contributed by atoms with van der Waals surface area (Å²) in [6, 6.07) is 0.767.